The van der Waals surface area contributed by atoms with E-state index >= 15 is 0 Å². The fourth-order valence-electron chi connectivity index (χ4n) is 2.99. The van der Waals surface area contributed by atoms with Crippen LogP contribution in [0, 0.1) is 23.2 Å². The van der Waals surface area contributed by atoms with Crippen molar-refractivity contribution < 1.29 is 0 Å². The molecule has 1 fully saturated rings. The monoisotopic (exact) mass is 251 g/mol. The lowest BCUT2D eigenvalue weighted by molar-refractivity contribution is 0.236. The zero-order chi connectivity index (χ0) is 13.5. The lowest BCUT2D eigenvalue weighted by Gasteiger charge is -2.33. The van der Waals surface area contributed by atoms with E-state index in [-0.39, 0.29) is 5.92 Å². The molecule has 0 amide bonds. The van der Waals surface area contributed by atoms with Crippen LogP contribution >= 0.6 is 0 Å². The summed E-state index contributed by atoms with van der Waals surface area (Å²) in [6.07, 6.45) is 5.92. The molecule has 0 spiro atoms. The Labute approximate surface area is 113 Å². The van der Waals surface area contributed by atoms with Gasteiger partial charge in [0.1, 0.15) is 0 Å². The van der Waals surface area contributed by atoms with Gasteiger partial charge in [-0.25, -0.2) is 0 Å². The summed E-state index contributed by atoms with van der Waals surface area (Å²) in [4.78, 5) is 2.24. The maximum atomic E-state index is 9.24. The predicted octanol–water partition coefficient (Wildman–Crippen LogP) is 2.63. The second-order valence-corrected chi connectivity index (χ2v) is 6.38. The Morgan fingerprint density at radius 3 is 2.50 bits per heavy atom. The van der Waals surface area contributed by atoms with Gasteiger partial charge in [0.2, 0.25) is 0 Å². The smallest absolute Gasteiger partial charge is 0.0672 e. The highest BCUT2D eigenvalue weighted by atomic mass is 15.1. The SMILES string of the molecule is CC(C)CC(CN(C)C)NC1CCCCC1C#N. The Morgan fingerprint density at radius 2 is 1.94 bits per heavy atom. The molecule has 1 N–H and O–H groups in total. The first-order chi connectivity index (χ1) is 8.52. The van der Waals surface area contributed by atoms with Crippen LogP contribution in [0.1, 0.15) is 46.0 Å². The zero-order valence-corrected chi connectivity index (χ0v) is 12.4. The van der Waals surface area contributed by atoms with E-state index in [1.165, 1.54) is 25.7 Å². The number of nitriles is 1. The summed E-state index contributed by atoms with van der Waals surface area (Å²) in [7, 11) is 4.25. The summed E-state index contributed by atoms with van der Waals surface area (Å²) in [6.45, 7) is 5.60. The van der Waals surface area contributed by atoms with Crippen molar-refractivity contribution in [3.05, 3.63) is 0 Å². The number of hydrogen-bond donors (Lipinski definition) is 1. The van der Waals surface area contributed by atoms with Crippen molar-refractivity contribution in [1.29, 1.82) is 5.26 Å². The first kappa shape index (κ1) is 15.5. The minimum atomic E-state index is 0.218. The predicted molar refractivity (Wildman–Crippen MR) is 76.3 cm³/mol. The van der Waals surface area contributed by atoms with Crippen molar-refractivity contribution in [2.75, 3.05) is 20.6 Å². The highest BCUT2D eigenvalue weighted by Crippen LogP contribution is 2.24. The normalized spacial score (nSPS) is 26.3. The van der Waals surface area contributed by atoms with Gasteiger partial charge in [0.15, 0.2) is 0 Å². The molecule has 3 nitrogen and oxygen atoms in total. The van der Waals surface area contributed by atoms with Gasteiger partial charge < -0.3 is 10.2 Å². The van der Waals surface area contributed by atoms with Crippen molar-refractivity contribution in [1.82, 2.24) is 10.2 Å². The van der Waals surface area contributed by atoms with E-state index in [0.29, 0.717) is 18.0 Å². The molecular weight excluding hydrogens is 222 g/mol. The third-order valence-corrected chi connectivity index (χ3v) is 3.72. The maximum Gasteiger partial charge on any atom is 0.0672 e. The number of likely N-dealkylation sites (N-methyl/N-ethyl adjacent to an activating group) is 1. The van der Waals surface area contributed by atoms with E-state index in [9.17, 15) is 5.26 Å². The maximum absolute atomic E-state index is 9.24. The molecule has 0 aromatic heterocycles. The van der Waals surface area contributed by atoms with Crippen LogP contribution in [0.15, 0.2) is 0 Å². The third-order valence-electron chi connectivity index (χ3n) is 3.72. The molecule has 0 radical (unpaired) electrons. The molecule has 1 aliphatic carbocycles. The Hall–Kier alpha value is -0.590. The van der Waals surface area contributed by atoms with Gasteiger partial charge in [0, 0.05) is 18.6 Å². The Balaban J connectivity index is 2.54. The van der Waals surface area contributed by atoms with Gasteiger partial charge in [0.25, 0.3) is 0 Å². The van der Waals surface area contributed by atoms with Crippen LogP contribution in [0.2, 0.25) is 0 Å². The Morgan fingerprint density at radius 1 is 1.28 bits per heavy atom. The zero-order valence-electron chi connectivity index (χ0n) is 12.4. The largest absolute Gasteiger partial charge is 0.309 e. The minimum absolute atomic E-state index is 0.218. The van der Waals surface area contributed by atoms with Crippen LogP contribution in [0.25, 0.3) is 0 Å². The molecule has 0 aromatic rings. The molecule has 1 rings (SSSR count). The summed E-state index contributed by atoms with van der Waals surface area (Å²) >= 11 is 0. The number of nitrogens with zero attached hydrogens (tertiary/aromatic N) is 2. The van der Waals surface area contributed by atoms with Crippen LogP contribution in [0.5, 0.6) is 0 Å². The average Bonchev–Trinajstić information content (AvgIpc) is 2.27. The molecule has 3 atom stereocenters. The molecule has 18 heavy (non-hydrogen) atoms. The van der Waals surface area contributed by atoms with Crippen molar-refractivity contribution in [2.24, 2.45) is 11.8 Å². The summed E-state index contributed by atoms with van der Waals surface area (Å²) in [6, 6.07) is 3.41. The van der Waals surface area contributed by atoms with Crippen LogP contribution in [0.4, 0.5) is 0 Å². The third kappa shape index (κ3) is 5.37. The Kier molecular flexibility index (Phi) is 6.67. The van der Waals surface area contributed by atoms with Crippen molar-refractivity contribution in [3.8, 4) is 6.07 Å². The molecule has 0 bridgehead atoms. The number of hydrogen-bond acceptors (Lipinski definition) is 3. The molecule has 0 heterocycles. The highest BCUT2D eigenvalue weighted by Gasteiger charge is 2.27. The molecular formula is C15H29N3. The first-order valence-electron chi connectivity index (χ1n) is 7.33. The fourth-order valence-corrected chi connectivity index (χ4v) is 2.99. The summed E-state index contributed by atoms with van der Waals surface area (Å²) in [5, 5.41) is 13.0. The number of nitrogens with one attached hydrogen (secondary N) is 1. The minimum Gasteiger partial charge on any atom is -0.309 e. The number of rotatable bonds is 6. The van der Waals surface area contributed by atoms with E-state index in [1.807, 2.05) is 0 Å². The topological polar surface area (TPSA) is 39.1 Å². The average molecular weight is 251 g/mol. The highest BCUT2D eigenvalue weighted by molar-refractivity contribution is 4.96. The Bertz CT molecular complexity index is 257. The molecule has 0 aliphatic heterocycles. The fraction of sp³-hybridized carbons (Fsp3) is 0.933. The second-order valence-electron chi connectivity index (χ2n) is 6.38. The van der Waals surface area contributed by atoms with Gasteiger partial charge in [-0.3, -0.25) is 0 Å². The molecule has 0 aromatic carbocycles. The van der Waals surface area contributed by atoms with Crippen LogP contribution in [-0.2, 0) is 0 Å². The molecule has 3 unspecified atom stereocenters. The first-order valence-corrected chi connectivity index (χ1v) is 7.33. The van der Waals surface area contributed by atoms with Crippen LogP contribution in [-0.4, -0.2) is 37.6 Å². The van der Waals surface area contributed by atoms with Gasteiger partial charge in [-0.15, -0.1) is 0 Å². The van der Waals surface area contributed by atoms with E-state index in [4.69, 9.17) is 0 Å². The van der Waals surface area contributed by atoms with Crippen molar-refractivity contribution in [2.45, 2.75) is 58.0 Å². The van der Waals surface area contributed by atoms with Gasteiger partial charge in [0.05, 0.1) is 12.0 Å². The van der Waals surface area contributed by atoms with Crippen molar-refractivity contribution in [3.63, 3.8) is 0 Å². The van der Waals surface area contributed by atoms with E-state index < -0.39 is 0 Å². The van der Waals surface area contributed by atoms with Crippen LogP contribution in [0.3, 0.4) is 0 Å². The molecule has 3 heteroatoms. The van der Waals surface area contributed by atoms with E-state index in [1.54, 1.807) is 0 Å². The summed E-state index contributed by atoms with van der Waals surface area (Å²) < 4.78 is 0. The lowest BCUT2D eigenvalue weighted by Crippen LogP contribution is -2.48. The lowest BCUT2D eigenvalue weighted by atomic mass is 9.84. The molecule has 1 aliphatic rings. The van der Waals surface area contributed by atoms with E-state index in [2.05, 4.69) is 44.2 Å². The van der Waals surface area contributed by atoms with Gasteiger partial charge >= 0.3 is 0 Å². The molecule has 1 saturated carbocycles. The standard InChI is InChI=1S/C15H29N3/c1-12(2)9-14(11-18(3)4)17-15-8-6-5-7-13(15)10-16/h12-15,17H,5-9,11H2,1-4H3. The van der Waals surface area contributed by atoms with Gasteiger partial charge in [-0.2, -0.15) is 5.26 Å². The summed E-state index contributed by atoms with van der Waals surface area (Å²) in [5.41, 5.74) is 0. The van der Waals surface area contributed by atoms with Crippen molar-refractivity contribution >= 4 is 0 Å². The van der Waals surface area contributed by atoms with Gasteiger partial charge in [-0.1, -0.05) is 26.7 Å². The molecule has 0 saturated heterocycles. The second kappa shape index (κ2) is 7.76. The molecule has 104 valence electrons. The quantitative estimate of drug-likeness (QED) is 0.789. The van der Waals surface area contributed by atoms with Gasteiger partial charge in [-0.05, 0) is 39.3 Å². The summed E-state index contributed by atoms with van der Waals surface area (Å²) in [5.74, 6) is 0.919. The van der Waals surface area contributed by atoms with E-state index in [0.717, 1.165) is 13.0 Å². The van der Waals surface area contributed by atoms with Crippen LogP contribution < -0.4 is 5.32 Å².